The van der Waals surface area contributed by atoms with Gasteiger partial charge >= 0.3 is 6.18 Å². The van der Waals surface area contributed by atoms with Crippen LogP contribution in [0.2, 0.25) is 0 Å². The summed E-state index contributed by atoms with van der Waals surface area (Å²) in [4.78, 5) is 0. The Morgan fingerprint density at radius 2 is 1.88 bits per heavy atom. The van der Waals surface area contributed by atoms with Gasteiger partial charge in [-0.05, 0) is 12.1 Å². The summed E-state index contributed by atoms with van der Waals surface area (Å²) in [6.45, 7) is 0. The van der Waals surface area contributed by atoms with Crippen molar-refractivity contribution >= 4 is 17.0 Å². The third-order valence-electron chi connectivity index (χ3n) is 1.77. The lowest BCUT2D eigenvalue weighted by Crippen LogP contribution is -2.03. The molecule has 0 aliphatic heterocycles. The Labute approximate surface area is 97.9 Å². The fourth-order valence-electron chi connectivity index (χ4n) is 1.03. The first-order valence-corrected chi connectivity index (χ1v) is 5.21. The smallest absolute Gasteiger partial charge is 0.428 e. The van der Waals surface area contributed by atoms with Crippen molar-refractivity contribution in [2.45, 2.75) is 6.18 Å². The summed E-state index contributed by atoms with van der Waals surface area (Å²) in [5, 5.41) is 5.03. The minimum Gasteiger partial charge on any atom is -0.428 e. The number of para-hydroxylation sites is 2. The number of halogens is 3. The molecular weight excluding hydrogens is 255 g/mol. The van der Waals surface area contributed by atoms with Crippen LogP contribution in [0.15, 0.2) is 24.3 Å². The molecule has 0 atom stereocenters. The molecule has 2 N–H and O–H groups in total. The van der Waals surface area contributed by atoms with Crippen molar-refractivity contribution in [2.75, 3.05) is 5.73 Å². The number of aromatic nitrogens is 2. The molecule has 8 heteroatoms. The summed E-state index contributed by atoms with van der Waals surface area (Å²) < 4.78 is 41.8. The Morgan fingerprint density at radius 3 is 2.47 bits per heavy atom. The van der Waals surface area contributed by atoms with E-state index in [4.69, 9.17) is 10.5 Å². The van der Waals surface area contributed by atoms with Gasteiger partial charge in [-0.25, -0.2) is 0 Å². The second kappa shape index (κ2) is 4.21. The number of hydrogen-bond acceptors (Lipinski definition) is 5. The Hall–Kier alpha value is -1.83. The largest absolute Gasteiger partial charge is 0.445 e. The Balaban J connectivity index is 2.21. The van der Waals surface area contributed by atoms with Gasteiger partial charge in [0.15, 0.2) is 5.75 Å². The zero-order valence-electron chi connectivity index (χ0n) is 8.23. The third kappa shape index (κ3) is 2.64. The van der Waals surface area contributed by atoms with Crippen LogP contribution >= 0.6 is 11.3 Å². The highest BCUT2D eigenvalue weighted by atomic mass is 32.1. The van der Waals surface area contributed by atoms with Crippen molar-refractivity contribution in [3.8, 4) is 10.9 Å². The summed E-state index contributed by atoms with van der Waals surface area (Å²) in [5.74, 6) is 0.248. The monoisotopic (exact) mass is 261 g/mol. The number of nitrogens with two attached hydrogens (primary N) is 1. The van der Waals surface area contributed by atoms with Gasteiger partial charge in [-0.3, -0.25) is 0 Å². The van der Waals surface area contributed by atoms with E-state index in [2.05, 4.69) is 10.2 Å². The molecule has 0 saturated heterocycles. The minimum absolute atomic E-state index is 0.199. The maximum Gasteiger partial charge on any atom is 0.445 e. The Bertz CT molecular complexity index is 526. The van der Waals surface area contributed by atoms with E-state index in [-0.39, 0.29) is 10.9 Å². The number of ether oxygens (including phenoxy) is 1. The first-order valence-electron chi connectivity index (χ1n) is 4.40. The molecule has 1 aromatic heterocycles. The summed E-state index contributed by atoms with van der Waals surface area (Å²) in [5.41, 5.74) is 5.89. The van der Waals surface area contributed by atoms with Crippen LogP contribution in [0.1, 0.15) is 5.01 Å². The van der Waals surface area contributed by atoms with Crippen molar-refractivity contribution < 1.29 is 17.9 Å². The summed E-state index contributed by atoms with van der Waals surface area (Å²) in [6.07, 6.45) is -4.51. The van der Waals surface area contributed by atoms with Gasteiger partial charge in [0.1, 0.15) is 0 Å². The lowest BCUT2D eigenvalue weighted by atomic mass is 10.3. The number of alkyl halides is 3. The first kappa shape index (κ1) is 11.6. The van der Waals surface area contributed by atoms with Crippen LogP contribution in [0, 0.1) is 0 Å². The van der Waals surface area contributed by atoms with E-state index in [1.807, 2.05) is 0 Å². The molecule has 0 bridgehead atoms. The molecule has 0 amide bonds. The summed E-state index contributed by atoms with van der Waals surface area (Å²) in [6, 6.07) is 6.44. The SMILES string of the molecule is Nc1ccccc1Oc1nnc(C(F)(F)F)s1. The predicted octanol–water partition coefficient (Wildman–Crippen LogP) is 2.93. The molecule has 2 aromatic rings. The maximum atomic E-state index is 12.2. The minimum atomic E-state index is -4.51. The molecule has 0 spiro atoms. The van der Waals surface area contributed by atoms with Gasteiger partial charge < -0.3 is 10.5 Å². The van der Waals surface area contributed by atoms with Gasteiger partial charge in [0.25, 0.3) is 5.19 Å². The van der Waals surface area contributed by atoms with Crippen molar-refractivity contribution in [3.05, 3.63) is 29.3 Å². The molecule has 0 unspecified atom stereocenters. The zero-order valence-corrected chi connectivity index (χ0v) is 9.05. The Morgan fingerprint density at radius 1 is 1.18 bits per heavy atom. The van der Waals surface area contributed by atoms with Crippen LogP contribution in [0.25, 0.3) is 0 Å². The maximum absolute atomic E-state index is 12.2. The summed E-state index contributed by atoms with van der Waals surface area (Å²) in [7, 11) is 0. The van der Waals surface area contributed by atoms with Crippen molar-refractivity contribution in [2.24, 2.45) is 0 Å². The lowest BCUT2D eigenvalue weighted by molar-refractivity contribution is -0.138. The predicted molar refractivity (Wildman–Crippen MR) is 55.8 cm³/mol. The highest BCUT2D eigenvalue weighted by Crippen LogP contribution is 2.36. The topological polar surface area (TPSA) is 61.0 Å². The quantitative estimate of drug-likeness (QED) is 0.844. The first-order chi connectivity index (χ1) is 7.97. The molecule has 0 aliphatic carbocycles. The second-order valence-corrected chi connectivity index (χ2v) is 3.95. The molecule has 4 nitrogen and oxygen atoms in total. The van der Waals surface area contributed by atoms with E-state index in [0.29, 0.717) is 17.0 Å². The molecule has 2 rings (SSSR count). The van der Waals surface area contributed by atoms with Crippen LogP contribution in [0.5, 0.6) is 10.9 Å². The molecule has 0 fully saturated rings. The van der Waals surface area contributed by atoms with Gasteiger partial charge in [0.2, 0.25) is 5.01 Å². The highest BCUT2D eigenvalue weighted by Gasteiger charge is 2.36. The molecule has 0 aliphatic rings. The lowest BCUT2D eigenvalue weighted by Gasteiger charge is -2.03. The number of anilines is 1. The fourth-order valence-corrected chi connectivity index (χ4v) is 1.61. The number of hydrogen-bond donors (Lipinski definition) is 1. The molecule has 1 heterocycles. The van der Waals surface area contributed by atoms with Crippen LogP contribution in [-0.2, 0) is 6.18 Å². The average molecular weight is 261 g/mol. The van der Waals surface area contributed by atoms with E-state index in [0.717, 1.165) is 0 Å². The van der Waals surface area contributed by atoms with Gasteiger partial charge in [-0.1, -0.05) is 28.6 Å². The molecule has 0 saturated carbocycles. The molecular formula is C9H6F3N3OS. The zero-order chi connectivity index (χ0) is 12.5. The fraction of sp³-hybridized carbons (Fsp3) is 0.111. The number of benzene rings is 1. The van der Waals surface area contributed by atoms with E-state index in [1.165, 1.54) is 6.07 Å². The van der Waals surface area contributed by atoms with Crippen molar-refractivity contribution in [3.63, 3.8) is 0 Å². The van der Waals surface area contributed by atoms with Crippen LogP contribution in [-0.4, -0.2) is 10.2 Å². The van der Waals surface area contributed by atoms with E-state index >= 15 is 0 Å². The normalized spacial score (nSPS) is 11.5. The number of nitrogens with zero attached hydrogens (tertiary/aromatic N) is 2. The summed E-state index contributed by atoms with van der Waals surface area (Å²) >= 11 is 0.318. The van der Waals surface area contributed by atoms with Crippen molar-refractivity contribution in [1.82, 2.24) is 10.2 Å². The van der Waals surface area contributed by atoms with Crippen molar-refractivity contribution in [1.29, 1.82) is 0 Å². The van der Waals surface area contributed by atoms with Gasteiger partial charge in [-0.15, -0.1) is 5.10 Å². The Kier molecular flexibility index (Phi) is 2.88. The molecule has 0 radical (unpaired) electrons. The second-order valence-electron chi connectivity index (χ2n) is 3.01. The number of rotatable bonds is 2. The van der Waals surface area contributed by atoms with Gasteiger partial charge in [0, 0.05) is 0 Å². The molecule has 1 aromatic carbocycles. The highest BCUT2D eigenvalue weighted by molar-refractivity contribution is 7.13. The molecule has 90 valence electrons. The standard InChI is InChI=1S/C9H6F3N3OS/c10-9(11,12)7-14-15-8(17-7)16-6-4-2-1-3-5(6)13/h1-4H,13H2. The average Bonchev–Trinajstić information content (AvgIpc) is 2.69. The van der Waals surface area contributed by atoms with E-state index in [9.17, 15) is 13.2 Å². The van der Waals surface area contributed by atoms with Crippen LogP contribution in [0.4, 0.5) is 18.9 Å². The van der Waals surface area contributed by atoms with Crippen LogP contribution in [0.3, 0.4) is 0 Å². The van der Waals surface area contributed by atoms with Gasteiger partial charge in [-0.2, -0.15) is 13.2 Å². The van der Waals surface area contributed by atoms with Crippen LogP contribution < -0.4 is 10.5 Å². The number of nitrogen functional groups attached to an aromatic ring is 1. The third-order valence-corrected chi connectivity index (χ3v) is 2.61. The van der Waals surface area contributed by atoms with Gasteiger partial charge in [0.05, 0.1) is 5.69 Å². The van der Waals surface area contributed by atoms with E-state index in [1.54, 1.807) is 18.2 Å². The van der Waals surface area contributed by atoms with E-state index < -0.39 is 11.2 Å². The molecule has 17 heavy (non-hydrogen) atoms.